The lowest BCUT2D eigenvalue weighted by molar-refractivity contribution is -0.00676. The largest absolute Gasteiger partial charge is 0.391 e. The summed E-state index contributed by atoms with van der Waals surface area (Å²) < 4.78 is 6.04. The van der Waals surface area contributed by atoms with Gasteiger partial charge in [-0.2, -0.15) is 0 Å². The summed E-state index contributed by atoms with van der Waals surface area (Å²) in [6.45, 7) is 3.29. The van der Waals surface area contributed by atoms with E-state index in [4.69, 9.17) is 4.74 Å². The van der Waals surface area contributed by atoms with Crippen molar-refractivity contribution in [2.45, 2.75) is 36.4 Å². The first kappa shape index (κ1) is 7.60. The number of hydrogen-bond acceptors (Lipinski definition) is 1. The van der Waals surface area contributed by atoms with Gasteiger partial charge in [-0.15, -0.1) is 5.79 Å². The van der Waals surface area contributed by atoms with E-state index < -0.39 is 0 Å². The fraction of sp³-hybridized carbons (Fsp3) is 1.00. The molecule has 1 heterocycles. The second-order valence-electron chi connectivity index (χ2n) is 3.11. The maximum atomic E-state index is 5.68. The zero-order chi connectivity index (χ0) is 6.74. The van der Waals surface area contributed by atoms with Crippen molar-refractivity contribution in [2.24, 2.45) is 0 Å². The van der Waals surface area contributed by atoms with E-state index in [-0.39, 0.29) is 15.2 Å². The Labute approximate surface area is 63.5 Å². The molecular formula is C7H15AlO. The minimum absolute atomic E-state index is 0.0495. The Balaban J connectivity index is 2.37. The molecule has 0 bridgehead atoms. The van der Waals surface area contributed by atoms with Gasteiger partial charge in [-0.05, 0) is 26.2 Å². The van der Waals surface area contributed by atoms with Gasteiger partial charge in [-0.25, -0.2) is 0 Å². The van der Waals surface area contributed by atoms with Crippen molar-refractivity contribution in [1.82, 2.24) is 0 Å². The minimum atomic E-state index is 0.0495. The van der Waals surface area contributed by atoms with Crippen LogP contribution in [0.15, 0.2) is 0 Å². The third-order valence-corrected chi connectivity index (χ3v) is 4.35. The summed E-state index contributed by atoms with van der Waals surface area (Å²) in [5.41, 5.74) is 0. The van der Waals surface area contributed by atoms with E-state index in [1.54, 1.807) is 0 Å². The highest BCUT2D eigenvalue weighted by molar-refractivity contribution is 6.37. The molecule has 0 amide bonds. The molecule has 0 aliphatic carbocycles. The summed E-state index contributed by atoms with van der Waals surface area (Å²) in [5.74, 6) is 2.34. The molecule has 9 heavy (non-hydrogen) atoms. The Kier molecular flexibility index (Phi) is 2.58. The second-order valence-corrected chi connectivity index (χ2v) is 5.31. The van der Waals surface area contributed by atoms with Gasteiger partial charge in [0.1, 0.15) is 0 Å². The van der Waals surface area contributed by atoms with Crippen LogP contribution in [0, 0.1) is 0 Å². The van der Waals surface area contributed by atoms with Crippen LogP contribution in [0.1, 0.15) is 26.2 Å². The van der Waals surface area contributed by atoms with Gasteiger partial charge in [0.25, 0.3) is 15.2 Å². The molecule has 0 N–H and O–H groups in total. The van der Waals surface area contributed by atoms with Crippen LogP contribution in [-0.4, -0.2) is 26.3 Å². The zero-order valence-electron chi connectivity index (χ0n) is 6.44. The van der Waals surface area contributed by atoms with Gasteiger partial charge < -0.3 is 4.74 Å². The Morgan fingerprint density at radius 2 is 2.22 bits per heavy atom. The smallest absolute Gasteiger partial charge is 0.284 e. The van der Waals surface area contributed by atoms with Gasteiger partial charge in [-0.1, -0.05) is 0 Å². The van der Waals surface area contributed by atoms with E-state index in [9.17, 15) is 0 Å². The number of rotatable bonds is 1. The summed E-state index contributed by atoms with van der Waals surface area (Å²) in [4.78, 5) is 0. The molecule has 1 unspecified atom stereocenters. The minimum Gasteiger partial charge on any atom is -0.391 e. The molecule has 1 atom stereocenters. The van der Waals surface area contributed by atoms with Gasteiger partial charge in [0.15, 0.2) is 0 Å². The van der Waals surface area contributed by atoms with Crippen molar-refractivity contribution < 1.29 is 4.74 Å². The highest BCUT2D eigenvalue weighted by Gasteiger charge is 2.26. The maximum Gasteiger partial charge on any atom is 0.284 e. The normalized spacial score (nSPS) is 36.2. The van der Waals surface area contributed by atoms with Gasteiger partial charge in [0, 0.05) is 11.1 Å². The molecule has 1 saturated heterocycles. The maximum absolute atomic E-state index is 5.68. The van der Waals surface area contributed by atoms with E-state index >= 15 is 0 Å². The van der Waals surface area contributed by atoms with E-state index in [2.05, 4.69) is 12.7 Å². The Hall–Kier alpha value is 0.492. The van der Waals surface area contributed by atoms with E-state index in [1.807, 2.05) is 0 Å². The van der Waals surface area contributed by atoms with Crippen molar-refractivity contribution in [3.8, 4) is 0 Å². The predicted octanol–water partition coefficient (Wildman–Crippen LogP) is 1.39. The molecule has 1 nitrogen and oxygen atoms in total. The van der Waals surface area contributed by atoms with Crippen molar-refractivity contribution in [2.75, 3.05) is 6.61 Å². The van der Waals surface area contributed by atoms with Crippen LogP contribution in [0.3, 0.4) is 0 Å². The lowest BCUT2D eigenvalue weighted by atomic mass is 10.1. The molecular weight excluding hydrogens is 127 g/mol. The molecule has 0 aromatic carbocycles. The SMILES string of the molecule is [CH3][AlH][C]1(C)CCCCO1. The first-order valence-corrected chi connectivity index (χ1v) is 6.03. The monoisotopic (exact) mass is 142 g/mol. The Bertz CT molecular complexity index is 86.9. The average Bonchev–Trinajstić information content (AvgIpc) is 1.90. The average molecular weight is 142 g/mol. The quantitative estimate of drug-likeness (QED) is 0.503. The molecule has 0 radical (unpaired) electrons. The second kappa shape index (κ2) is 3.05. The molecule has 2 heteroatoms. The summed E-state index contributed by atoms with van der Waals surface area (Å²) in [7, 11) is 0. The fourth-order valence-electron chi connectivity index (χ4n) is 1.27. The topological polar surface area (TPSA) is 9.23 Å². The molecule has 1 fully saturated rings. The van der Waals surface area contributed by atoms with Crippen LogP contribution >= 0.6 is 0 Å². The third kappa shape index (κ3) is 1.97. The first-order chi connectivity index (χ1) is 4.27. The molecule has 1 rings (SSSR count). The van der Waals surface area contributed by atoms with E-state index in [0.717, 1.165) is 6.61 Å². The van der Waals surface area contributed by atoms with Crippen molar-refractivity contribution in [1.29, 1.82) is 0 Å². The molecule has 52 valence electrons. The summed E-state index contributed by atoms with van der Waals surface area (Å²) in [6, 6.07) is 0. The third-order valence-electron chi connectivity index (χ3n) is 2.30. The predicted molar refractivity (Wildman–Crippen MR) is 41.2 cm³/mol. The fourth-order valence-corrected chi connectivity index (χ4v) is 2.22. The standard InChI is InChI=1S/C6H11O.CH3.Al.H/c1-6-4-2-3-5-7-6;;;/h2-5H2,1H3;1H3;;. The molecule has 0 saturated carbocycles. The van der Waals surface area contributed by atoms with Crippen LogP contribution in [0.4, 0.5) is 0 Å². The van der Waals surface area contributed by atoms with Crippen molar-refractivity contribution in [3.05, 3.63) is 0 Å². The van der Waals surface area contributed by atoms with Crippen LogP contribution < -0.4 is 0 Å². The summed E-state index contributed by atoms with van der Waals surface area (Å²) in [5, 5.41) is 0. The van der Waals surface area contributed by atoms with E-state index in [0.29, 0.717) is 4.46 Å². The van der Waals surface area contributed by atoms with Gasteiger partial charge in [0.05, 0.1) is 0 Å². The Morgan fingerprint density at radius 3 is 2.56 bits per heavy atom. The first-order valence-electron chi connectivity index (χ1n) is 3.91. The highest BCUT2D eigenvalue weighted by Crippen LogP contribution is 2.22. The van der Waals surface area contributed by atoms with Crippen molar-refractivity contribution in [3.63, 3.8) is 0 Å². The van der Waals surface area contributed by atoms with Gasteiger partial charge in [0.2, 0.25) is 0 Å². The van der Waals surface area contributed by atoms with Crippen LogP contribution in [-0.2, 0) is 4.74 Å². The molecule has 1 aliphatic heterocycles. The van der Waals surface area contributed by atoms with Crippen LogP contribution in [0.5, 0.6) is 0 Å². The number of hydrogen-bond donors (Lipinski definition) is 0. The molecule has 1 aliphatic rings. The molecule has 0 spiro atoms. The summed E-state index contributed by atoms with van der Waals surface area (Å²) in [6.07, 6.45) is 3.98. The summed E-state index contributed by atoms with van der Waals surface area (Å²) >= 11 is 0.0495. The van der Waals surface area contributed by atoms with Crippen LogP contribution in [0.2, 0.25) is 5.79 Å². The lowest BCUT2D eigenvalue weighted by Crippen LogP contribution is -2.37. The zero-order valence-corrected chi connectivity index (χ0v) is 7.86. The molecule has 0 aromatic rings. The highest BCUT2D eigenvalue weighted by atomic mass is 27.1. The van der Waals surface area contributed by atoms with Crippen molar-refractivity contribution >= 4 is 15.2 Å². The lowest BCUT2D eigenvalue weighted by Gasteiger charge is -2.32. The van der Waals surface area contributed by atoms with Gasteiger partial charge >= 0.3 is 0 Å². The van der Waals surface area contributed by atoms with Crippen LogP contribution in [0.25, 0.3) is 0 Å². The van der Waals surface area contributed by atoms with E-state index in [1.165, 1.54) is 19.3 Å². The molecule has 0 aromatic heterocycles. The van der Waals surface area contributed by atoms with Gasteiger partial charge in [-0.3, -0.25) is 0 Å². The number of ether oxygens (including phenoxy) is 1. The Morgan fingerprint density at radius 1 is 1.44 bits per heavy atom.